The van der Waals surface area contributed by atoms with Crippen molar-refractivity contribution in [3.8, 4) is 0 Å². The van der Waals surface area contributed by atoms with Gasteiger partial charge in [0.25, 0.3) is 0 Å². The van der Waals surface area contributed by atoms with Crippen molar-refractivity contribution in [3.63, 3.8) is 0 Å². The summed E-state index contributed by atoms with van der Waals surface area (Å²) in [6.07, 6.45) is 0. The van der Waals surface area contributed by atoms with Crippen molar-refractivity contribution in [1.29, 1.82) is 0 Å². The van der Waals surface area contributed by atoms with Crippen LogP contribution in [0.25, 0.3) is 0 Å². The Morgan fingerprint density at radius 1 is 0.519 bits per heavy atom. The van der Waals surface area contributed by atoms with Crippen LogP contribution in [0.1, 0.15) is 0 Å². The average Bonchev–Trinajstić information content (AvgIpc) is 2.66. The number of aromatic nitrogens is 6. The third-order valence-electron chi connectivity index (χ3n) is 4.14. The summed E-state index contributed by atoms with van der Waals surface area (Å²) in [5.41, 5.74) is -4.20. The van der Waals surface area contributed by atoms with Crippen molar-refractivity contribution >= 4 is 11.8 Å². The maximum Gasteiger partial charge on any atom is 0.336 e. The summed E-state index contributed by atoms with van der Waals surface area (Å²) in [7, 11) is 5.15. The molecule has 148 valence electrons. The van der Waals surface area contributed by atoms with Crippen LogP contribution in [0.5, 0.6) is 0 Å². The van der Waals surface area contributed by atoms with Gasteiger partial charge in [-0.05, 0) is 0 Å². The Morgan fingerprint density at radius 2 is 0.778 bits per heavy atom. The molecule has 0 radical (unpaired) electrons. The Bertz CT molecular complexity index is 1050. The van der Waals surface area contributed by atoms with Crippen LogP contribution in [0, 0.1) is 0 Å². The molecule has 2 heterocycles. The largest absolute Gasteiger partial charge is 0.336 e. The zero-order valence-corrected chi connectivity index (χ0v) is 16.2. The first kappa shape index (κ1) is 20.5. The molecule has 0 saturated carbocycles. The van der Waals surface area contributed by atoms with Gasteiger partial charge in [0.1, 0.15) is 0 Å². The molecule has 0 bridgehead atoms. The third kappa shape index (κ3) is 3.67. The Balaban J connectivity index is 2.09. The number of hydrogen-bond acceptors (Lipinski definition) is 7. The second kappa shape index (κ2) is 7.82. The maximum absolute atomic E-state index is 12.0. The molecular weight excluding hydrogens is 380 g/mol. The molecule has 0 fully saturated rings. The van der Waals surface area contributed by atoms with Crippen molar-refractivity contribution < 1.29 is 0 Å². The molecule has 0 unspecified atom stereocenters. The Kier molecular flexibility index (Phi) is 5.93. The van der Waals surface area contributed by atoms with Gasteiger partial charge in [-0.1, -0.05) is 0 Å². The lowest BCUT2D eigenvalue weighted by atomic mass is 10.7. The second-order valence-electron chi connectivity index (χ2n) is 5.85. The van der Waals surface area contributed by atoms with Crippen LogP contribution in [-0.2, 0) is 41.3 Å². The van der Waals surface area contributed by atoms with Crippen molar-refractivity contribution in [2.45, 2.75) is 13.1 Å². The van der Waals surface area contributed by atoms with Crippen LogP contribution in [0.3, 0.4) is 0 Å². The highest BCUT2D eigenvalue weighted by atomic mass is 32.2. The topological polar surface area (TPSA) is 132 Å². The Hall–Kier alpha value is -2.83. The van der Waals surface area contributed by atoms with Crippen LogP contribution in [-0.4, -0.2) is 38.9 Å². The van der Waals surface area contributed by atoms with Gasteiger partial charge in [0.15, 0.2) is 0 Å². The molecule has 13 heteroatoms. The monoisotopic (exact) mass is 400 g/mol. The summed E-state index contributed by atoms with van der Waals surface area (Å²) >= 11 is 1.32. The molecule has 0 atom stereocenters. The van der Waals surface area contributed by atoms with Crippen molar-refractivity contribution in [3.05, 3.63) is 62.9 Å². The van der Waals surface area contributed by atoms with E-state index in [1.807, 2.05) is 0 Å². The molecule has 2 aromatic rings. The van der Waals surface area contributed by atoms with E-state index in [1.165, 1.54) is 40.0 Å². The van der Waals surface area contributed by atoms with Crippen molar-refractivity contribution in [2.75, 3.05) is 11.5 Å². The first-order valence-electron chi connectivity index (χ1n) is 7.91. The van der Waals surface area contributed by atoms with Crippen LogP contribution in [0.4, 0.5) is 0 Å². The predicted molar refractivity (Wildman–Crippen MR) is 99.7 cm³/mol. The van der Waals surface area contributed by atoms with Gasteiger partial charge in [0.05, 0.1) is 0 Å². The van der Waals surface area contributed by atoms with Crippen LogP contribution in [0.15, 0.2) is 28.8 Å². The first-order chi connectivity index (χ1) is 12.6. The quantitative estimate of drug-likeness (QED) is 0.455. The maximum atomic E-state index is 12.0. The summed E-state index contributed by atoms with van der Waals surface area (Å²) in [4.78, 5) is 71.4. The summed E-state index contributed by atoms with van der Waals surface area (Å²) in [6.45, 7) is 0.148. The number of rotatable bonds is 6. The van der Waals surface area contributed by atoms with E-state index in [4.69, 9.17) is 0 Å². The van der Waals surface area contributed by atoms with E-state index in [0.29, 0.717) is 11.5 Å². The average molecular weight is 400 g/mol. The summed E-state index contributed by atoms with van der Waals surface area (Å²) in [6, 6.07) is 0. The van der Waals surface area contributed by atoms with E-state index in [2.05, 4.69) is 0 Å². The smallest absolute Gasteiger partial charge is 0.248 e. The lowest BCUT2D eigenvalue weighted by Crippen LogP contribution is -2.53. The highest BCUT2D eigenvalue weighted by Crippen LogP contribution is 1.99. The second-order valence-corrected chi connectivity index (χ2v) is 7.07. The number of nitrogens with zero attached hydrogens (tertiary/aromatic N) is 6. The van der Waals surface area contributed by atoms with Gasteiger partial charge in [-0.15, -0.1) is 0 Å². The lowest BCUT2D eigenvalue weighted by Gasteiger charge is -2.10. The zero-order chi connectivity index (χ0) is 20.5. The fraction of sp³-hybridized carbons (Fsp3) is 0.571. The SMILES string of the molecule is Cn1c(=O)n(C)c(=O)n(CCSCCn2c(=O)n(C)c(=O)n(C)c2=O)c1=O. The molecule has 0 saturated heterocycles. The van der Waals surface area contributed by atoms with E-state index in [1.54, 1.807) is 0 Å². The van der Waals surface area contributed by atoms with E-state index < -0.39 is 34.1 Å². The standard InChI is InChI=1S/C14H20N6O6S/c1-15-9(21)16(2)12(24)19(11(15)23)5-7-27-8-6-20-13(25)17(3)10(22)18(4)14(20)26/h5-8H2,1-4H3. The van der Waals surface area contributed by atoms with E-state index in [9.17, 15) is 28.8 Å². The summed E-state index contributed by atoms with van der Waals surface area (Å²) in [5.74, 6) is 0.711. The van der Waals surface area contributed by atoms with Crippen LogP contribution >= 0.6 is 11.8 Å². The summed E-state index contributed by atoms with van der Waals surface area (Å²) < 4.78 is 5.29. The molecule has 0 amide bonds. The molecule has 0 spiro atoms. The lowest BCUT2D eigenvalue weighted by molar-refractivity contribution is 0.518. The Morgan fingerprint density at radius 3 is 1.04 bits per heavy atom. The fourth-order valence-corrected chi connectivity index (χ4v) is 3.29. The van der Waals surface area contributed by atoms with E-state index in [0.717, 1.165) is 27.4 Å². The van der Waals surface area contributed by atoms with Gasteiger partial charge in [0.2, 0.25) is 0 Å². The van der Waals surface area contributed by atoms with Gasteiger partial charge in [-0.3, -0.25) is 0 Å². The normalized spacial score (nSPS) is 11.1. The minimum atomic E-state index is -0.702. The fourth-order valence-electron chi connectivity index (χ4n) is 2.46. The molecule has 12 nitrogen and oxygen atoms in total. The molecule has 0 aliphatic rings. The van der Waals surface area contributed by atoms with E-state index >= 15 is 0 Å². The van der Waals surface area contributed by atoms with Gasteiger partial charge in [-0.25, -0.2) is 56.2 Å². The van der Waals surface area contributed by atoms with E-state index in [-0.39, 0.29) is 13.1 Å². The number of thioether (sulfide) groups is 1. The number of hydrogen-bond donors (Lipinski definition) is 0. The Labute approximate surface area is 155 Å². The molecule has 0 aliphatic carbocycles. The minimum Gasteiger partial charge on any atom is -0.248 e. The highest BCUT2D eigenvalue weighted by molar-refractivity contribution is 7.99. The highest BCUT2D eigenvalue weighted by Gasteiger charge is 2.11. The molecule has 0 N–H and O–H groups in total. The molecular formula is C14H20N6O6S. The summed E-state index contributed by atoms with van der Waals surface area (Å²) in [5, 5.41) is 0. The van der Waals surface area contributed by atoms with Gasteiger partial charge >= 0.3 is 34.1 Å². The van der Waals surface area contributed by atoms with Crippen LogP contribution in [0.2, 0.25) is 0 Å². The first-order valence-corrected chi connectivity index (χ1v) is 9.06. The zero-order valence-electron chi connectivity index (χ0n) is 15.4. The van der Waals surface area contributed by atoms with Crippen molar-refractivity contribution in [1.82, 2.24) is 27.4 Å². The van der Waals surface area contributed by atoms with Gasteiger partial charge < -0.3 is 0 Å². The molecule has 2 aromatic heterocycles. The minimum absolute atomic E-state index is 0.0739. The predicted octanol–water partition coefficient (Wildman–Crippen LogP) is -3.76. The van der Waals surface area contributed by atoms with Crippen LogP contribution < -0.4 is 34.1 Å². The van der Waals surface area contributed by atoms with Crippen molar-refractivity contribution in [2.24, 2.45) is 28.2 Å². The molecule has 0 aliphatic heterocycles. The van der Waals surface area contributed by atoms with Gasteiger partial charge in [0, 0.05) is 52.8 Å². The van der Waals surface area contributed by atoms with Gasteiger partial charge in [-0.2, -0.15) is 11.8 Å². The third-order valence-corrected chi connectivity index (χ3v) is 5.08. The molecule has 27 heavy (non-hydrogen) atoms. The molecule has 0 aromatic carbocycles. The molecule has 2 rings (SSSR count).